The van der Waals surface area contributed by atoms with Gasteiger partial charge in [-0.2, -0.15) is 0 Å². The molecule has 0 fully saturated rings. The number of fused-ring (bicyclic) bond motifs is 2. The van der Waals surface area contributed by atoms with E-state index in [1.54, 1.807) is 0 Å². The Morgan fingerprint density at radius 1 is 0.952 bits per heavy atom. The zero-order valence-electron chi connectivity index (χ0n) is 13.6. The summed E-state index contributed by atoms with van der Waals surface area (Å²) in [6.07, 6.45) is 3.52. The smallest absolute Gasteiger partial charge is 0.0574 e. The summed E-state index contributed by atoms with van der Waals surface area (Å²) in [7, 11) is 0. The standard InChI is InChI=1S/C20H25N/c1-14-12-15(2)19-17(13-14)10-7-9-16-8-5-6-11-18(16)21-20(19,3)4/h5-6,8,11-13,21H,7,9-10H2,1-4H3. The maximum absolute atomic E-state index is 3.80. The van der Waals surface area contributed by atoms with Crippen molar-refractivity contribution in [1.82, 2.24) is 0 Å². The van der Waals surface area contributed by atoms with Crippen LogP contribution in [0.15, 0.2) is 36.4 Å². The van der Waals surface area contributed by atoms with Gasteiger partial charge in [-0.05, 0) is 75.3 Å². The number of anilines is 1. The monoisotopic (exact) mass is 279 g/mol. The highest BCUT2D eigenvalue weighted by Gasteiger charge is 2.27. The van der Waals surface area contributed by atoms with Crippen molar-refractivity contribution in [2.45, 2.75) is 52.5 Å². The Morgan fingerprint density at radius 2 is 1.67 bits per heavy atom. The van der Waals surface area contributed by atoms with Gasteiger partial charge in [-0.15, -0.1) is 0 Å². The molecule has 2 aromatic rings. The first-order valence-electron chi connectivity index (χ1n) is 7.94. The van der Waals surface area contributed by atoms with E-state index in [0.29, 0.717) is 0 Å². The van der Waals surface area contributed by atoms with Gasteiger partial charge in [0.2, 0.25) is 0 Å². The normalized spacial score (nSPS) is 16.8. The van der Waals surface area contributed by atoms with Crippen LogP contribution in [-0.2, 0) is 18.4 Å². The molecule has 0 amide bonds. The van der Waals surface area contributed by atoms with E-state index in [1.165, 1.54) is 39.9 Å². The Bertz CT molecular complexity index is 668. The second-order valence-corrected chi connectivity index (χ2v) is 6.88. The van der Waals surface area contributed by atoms with Gasteiger partial charge in [0.05, 0.1) is 5.54 Å². The molecule has 0 radical (unpaired) electrons. The van der Waals surface area contributed by atoms with Gasteiger partial charge >= 0.3 is 0 Å². The van der Waals surface area contributed by atoms with E-state index in [0.717, 1.165) is 12.8 Å². The molecule has 0 atom stereocenters. The molecule has 3 rings (SSSR count). The summed E-state index contributed by atoms with van der Waals surface area (Å²) < 4.78 is 0. The van der Waals surface area contributed by atoms with Crippen LogP contribution in [0.5, 0.6) is 0 Å². The topological polar surface area (TPSA) is 12.0 Å². The van der Waals surface area contributed by atoms with Crippen molar-refractivity contribution in [3.05, 3.63) is 64.2 Å². The van der Waals surface area contributed by atoms with Crippen LogP contribution in [0, 0.1) is 13.8 Å². The molecule has 110 valence electrons. The molecular formula is C20H25N. The number of hydrogen-bond acceptors (Lipinski definition) is 1. The van der Waals surface area contributed by atoms with Crippen molar-refractivity contribution >= 4 is 5.69 Å². The SMILES string of the molecule is Cc1cc(C)c2c(c1)CCCc1ccccc1NC2(C)C. The van der Waals surface area contributed by atoms with E-state index < -0.39 is 0 Å². The minimum Gasteiger partial charge on any atom is -0.376 e. The molecule has 1 aliphatic rings. The Kier molecular flexibility index (Phi) is 3.52. The molecule has 0 saturated heterocycles. The fraction of sp³-hybridized carbons (Fsp3) is 0.400. The minimum atomic E-state index is -0.0481. The van der Waals surface area contributed by atoms with E-state index >= 15 is 0 Å². The molecule has 0 aliphatic carbocycles. The lowest BCUT2D eigenvalue weighted by Gasteiger charge is -2.32. The molecule has 1 heteroatoms. The fourth-order valence-corrected chi connectivity index (χ4v) is 3.88. The fourth-order valence-electron chi connectivity index (χ4n) is 3.88. The van der Waals surface area contributed by atoms with E-state index in [-0.39, 0.29) is 5.54 Å². The van der Waals surface area contributed by atoms with Crippen LogP contribution in [0.4, 0.5) is 5.69 Å². The third kappa shape index (κ3) is 2.70. The lowest BCUT2D eigenvalue weighted by molar-refractivity contribution is 0.597. The molecule has 1 N–H and O–H groups in total. The van der Waals surface area contributed by atoms with Crippen LogP contribution in [0.25, 0.3) is 0 Å². The molecule has 0 bridgehead atoms. The number of benzene rings is 2. The maximum Gasteiger partial charge on any atom is 0.0574 e. The van der Waals surface area contributed by atoms with Crippen molar-refractivity contribution in [2.75, 3.05) is 5.32 Å². The first kappa shape index (κ1) is 14.2. The van der Waals surface area contributed by atoms with Gasteiger partial charge in [0.25, 0.3) is 0 Å². The average Bonchev–Trinajstić information content (AvgIpc) is 2.43. The molecule has 2 aromatic carbocycles. The van der Waals surface area contributed by atoms with Crippen LogP contribution >= 0.6 is 0 Å². The first-order chi connectivity index (χ1) is 9.97. The van der Waals surface area contributed by atoms with Gasteiger partial charge in [0.1, 0.15) is 0 Å². The molecule has 21 heavy (non-hydrogen) atoms. The number of nitrogens with one attached hydrogen (secondary N) is 1. The van der Waals surface area contributed by atoms with Crippen molar-refractivity contribution in [3.63, 3.8) is 0 Å². The Balaban J connectivity index is 2.15. The van der Waals surface area contributed by atoms with Crippen molar-refractivity contribution in [2.24, 2.45) is 0 Å². The van der Waals surface area contributed by atoms with Crippen molar-refractivity contribution < 1.29 is 0 Å². The zero-order chi connectivity index (χ0) is 15.0. The molecule has 1 heterocycles. The first-order valence-corrected chi connectivity index (χ1v) is 7.94. The summed E-state index contributed by atoms with van der Waals surface area (Å²) in [6.45, 7) is 9.06. The van der Waals surface area contributed by atoms with Crippen LogP contribution in [-0.4, -0.2) is 0 Å². The lowest BCUT2D eigenvalue weighted by Crippen LogP contribution is -2.30. The summed E-state index contributed by atoms with van der Waals surface area (Å²) in [6, 6.07) is 13.4. The third-order valence-corrected chi connectivity index (χ3v) is 4.54. The number of aryl methyl sites for hydroxylation is 4. The second kappa shape index (κ2) is 5.22. The van der Waals surface area contributed by atoms with Crippen LogP contribution in [0.1, 0.15) is 48.1 Å². The Labute approximate surface area is 128 Å². The van der Waals surface area contributed by atoms with E-state index in [4.69, 9.17) is 0 Å². The van der Waals surface area contributed by atoms with E-state index in [9.17, 15) is 0 Å². The predicted molar refractivity (Wildman–Crippen MR) is 91.0 cm³/mol. The van der Waals surface area contributed by atoms with Gasteiger partial charge in [-0.25, -0.2) is 0 Å². The summed E-state index contributed by atoms with van der Waals surface area (Å²) in [5.41, 5.74) is 8.44. The average molecular weight is 279 g/mol. The lowest BCUT2D eigenvalue weighted by atomic mass is 9.84. The zero-order valence-corrected chi connectivity index (χ0v) is 13.6. The predicted octanol–water partition coefficient (Wildman–Crippen LogP) is 5.14. The van der Waals surface area contributed by atoms with Crippen LogP contribution in [0.2, 0.25) is 0 Å². The molecular weight excluding hydrogens is 254 g/mol. The van der Waals surface area contributed by atoms with Crippen molar-refractivity contribution in [1.29, 1.82) is 0 Å². The summed E-state index contributed by atoms with van der Waals surface area (Å²) in [4.78, 5) is 0. The summed E-state index contributed by atoms with van der Waals surface area (Å²) in [5, 5.41) is 3.80. The molecule has 1 nitrogen and oxygen atoms in total. The third-order valence-electron chi connectivity index (χ3n) is 4.54. The van der Waals surface area contributed by atoms with Gasteiger partial charge < -0.3 is 5.32 Å². The van der Waals surface area contributed by atoms with Gasteiger partial charge in [-0.3, -0.25) is 0 Å². The van der Waals surface area contributed by atoms with Gasteiger partial charge in [0, 0.05) is 5.69 Å². The van der Waals surface area contributed by atoms with Crippen LogP contribution < -0.4 is 5.32 Å². The van der Waals surface area contributed by atoms with E-state index in [2.05, 4.69) is 69.4 Å². The minimum absolute atomic E-state index is 0.0481. The molecule has 0 aromatic heterocycles. The number of hydrogen-bond donors (Lipinski definition) is 1. The Hall–Kier alpha value is -1.76. The van der Waals surface area contributed by atoms with Crippen molar-refractivity contribution in [3.8, 4) is 0 Å². The molecule has 0 unspecified atom stereocenters. The summed E-state index contributed by atoms with van der Waals surface area (Å²) >= 11 is 0. The highest BCUT2D eigenvalue weighted by Crippen LogP contribution is 2.35. The van der Waals surface area contributed by atoms with Crippen LogP contribution in [0.3, 0.4) is 0 Å². The Morgan fingerprint density at radius 3 is 2.48 bits per heavy atom. The quantitative estimate of drug-likeness (QED) is 0.704. The van der Waals surface area contributed by atoms with Gasteiger partial charge in [-0.1, -0.05) is 35.9 Å². The van der Waals surface area contributed by atoms with Gasteiger partial charge in [0.15, 0.2) is 0 Å². The highest BCUT2D eigenvalue weighted by atomic mass is 15.0. The second-order valence-electron chi connectivity index (χ2n) is 6.88. The van der Waals surface area contributed by atoms with E-state index in [1.807, 2.05) is 0 Å². The number of rotatable bonds is 0. The molecule has 1 aliphatic heterocycles. The highest BCUT2D eigenvalue weighted by molar-refractivity contribution is 5.56. The molecule has 0 spiro atoms. The molecule has 0 saturated carbocycles. The summed E-state index contributed by atoms with van der Waals surface area (Å²) in [5.74, 6) is 0. The largest absolute Gasteiger partial charge is 0.376 e. The maximum atomic E-state index is 3.80. The number of para-hydroxylation sites is 1.